The molecule has 0 amide bonds. The van der Waals surface area contributed by atoms with Crippen molar-refractivity contribution in [2.75, 3.05) is 13.7 Å². The molecule has 4 nitrogen and oxygen atoms in total. The van der Waals surface area contributed by atoms with Gasteiger partial charge in [0.15, 0.2) is 5.78 Å². The molecule has 0 bridgehead atoms. The highest BCUT2D eigenvalue weighted by Crippen LogP contribution is 2.34. The van der Waals surface area contributed by atoms with Crippen LogP contribution in [0.2, 0.25) is 0 Å². The Hall–Kier alpha value is -1.68. The first-order chi connectivity index (χ1) is 9.17. The third-order valence-electron chi connectivity index (χ3n) is 3.44. The predicted octanol–water partition coefficient (Wildman–Crippen LogP) is 2.53. The van der Waals surface area contributed by atoms with Crippen molar-refractivity contribution in [3.05, 3.63) is 35.4 Å². The van der Waals surface area contributed by atoms with E-state index in [1.54, 1.807) is 20.1 Å². The Kier molecular flexibility index (Phi) is 4.32. The van der Waals surface area contributed by atoms with Crippen LogP contribution in [0.3, 0.4) is 0 Å². The molecule has 0 saturated heterocycles. The fourth-order valence-corrected chi connectivity index (χ4v) is 2.50. The van der Waals surface area contributed by atoms with Crippen molar-refractivity contribution in [1.82, 2.24) is 0 Å². The van der Waals surface area contributed by atoms with Crippen LogP contribution in [0.1, 0.15) is 41.8 Å². The zero-order valence-electron chi connectivity index (χ0n) is 11.2. The van der Waals surface area contributed by atoms with Crippen molar-refractivity contribution in [3.63, 3.8) is 0 Å². The number of carbonyl (C=O) groups is 2. The van der Waals surface area contributed by atoms with Crippen LogP contribution in [0.25, 0.3) is 0 Å². The maximum Gasteiger partial charge on any atom is 0.309 e. The minimum atomic E-state index is -0.426. The van der Waals surface area contributed by atoms with E-state index in [1.807, 2.05) is 18.2 Å². The third kappa shape index (κ3) is 2.84. The average molecular weight is 262 g/mol. The summed E-state index contributed by atoms with van der Waals surface area (Å²) in [6, 6.07) is 7.38. The second-order valence-electron chi connectivity index (χ2n) is 4.62. The molecule has 0 aromatic heterocycles. The second kappa shape index (κ2) is 5.97. The van der Waals surface area contributed by atoms with Gasteiger partial charge in [-0.1, -0.05) is 24.3 Å². The Labute approximate surface area is 112 Å². The number of ether oxygens (including phenoxy) is 2. The lowest BCUT2D eigenvalue weighted by atomic mass is 9.98. The van der Waals surface area contributed by atoms with Gasteiger partial charge in [-0.3, -0.25) is 9.59 Å². The molecular formula is C15H18O4. The Bertz CT molecular complexity index is 481. The average Bonchev–Trinajstić information content (AvgIpc) is 2.57. The molecule has 2 rings (SSSR count). The molecule has 1 aromatic rings. The number of carbonyl (C=O) groups excluding carboxylic acids is 2. The minimum absolute atomic E-state index is 0.0202. The van der Waals surface area contributed by atoms with Crippen LogP contribution in [0.15, 0.2) is 24.3 Å². The zero-order valence-corrected chi connectivity index (χ0v) is 11.2. The number of hydrogen-bond donors (Lipinski definition) is 0. The summed E-state index contributed by atoms with van der Waals surface area (Å²) < 4.78 is 10.5. The molecule has 0 aliphatic heterocycles. The number of hydrogen-bond acceptors (Lipinski definition) is 4. The highest BCUT2D eigenvalue weighted by atomic mass is 16.5. The summed E-state index contributed by atoms with van der Waals surface area (Å²) in [7, 11) is 1.60. The number of rotatable bonds is 3. The molecule has 1 aliphatic carbocycles. The number of ketones is 1. The first-order valence-corrected chi connectivity index (χ1v) is 6.49. The van der Waals surface area contributed by atoms with Gasteiger partial charge in [0, 0.05) is 19.1 Å². The Morgan fingerprint density at radius 2 is 2.11 bits per heavy atom. The lowest BCUT2D eigenvalue weighted by molar-refractivity contribution is -0.149. The first-order valence-electron chi connectivity index (χ1n) is 6.49. The van der Waals surface area contributed by atoms with Gasteiger partial charge in [0.1, 0.15) is 0 Å². The quantitative estimate of drug-likeness (QED) is 0.620. The van der Waals surface area contributed by atoms with Crippen LogP contribution in [-0.2, 0) is 14.3 Å². The maximum absolute atomic E-state index is 12.2. The topological polar surface area (TPSA) is 52.6 Å². The van der Waals surface area contributed by atoms with E-state index in [1.165, 1.54) is 0 Å². The Morgan fingerprint density at radius 1 is 1.37 bits per heavy atom. The van der Waals surface area contributed by atoms with E-state index in [2.05, 4.69) is 0 Å². The van der Waals surface area contributed by atoms with Crippen LogP contribution in [-0.4, -0.2) is 25.5 Å². The lowest BCUT2D eigenvalue weighted by Gasteiger charge is -2.18. The number of benzene rings is 1. The van der Waals surface area contributed by atoms with E-state index >= 15 is 0 Å². The van der Waals surface area contributed by atoms with Crippen LogP contribution < -0.4 is 0 Å². The van der Waals surface area contributed by atoms with Crippen molar-refractivity contribution in [2.24, 2.45) is 5.92 Å². The molecular weight excluding hydrogens is 244 g/mol. The van der Waals surface area contributed by atoms with Gasteiger partial charge in [0.05, 0.1) is 18.6 Å². The summed E-state index contributed by atoms with van der Waals surface area (Å²) in [4.78, 5) is 24.1. The van der Waals surface area contributed by atoms with Gasteiger partial charge >= 0.3 is 5.97 Å². The van der Waals surface area contributed by atoms with Crippen LogP contribution in [0.5, 0.6) is 0 Å². The maximum atomic E-state index is 12.2. The van der Waals surface area contributed by atoms with Crippen molar-refractivity contribution >= 4 is 11.8 Å². The largest absolute Gasteiger partial charge is 0.466 e. The summed E-state index contributed by atoms with van der Waals surface area (Å²) >= 11 is 0. The van der Waals surface area contributed by atoms with Gasteiger partial charge in [-0.2, -0.15) is 0 Å². The molecule has 102 valence electrons. The fraction of sp³-hybridized carbons (Fsp3) is 0.467. The number of esters is 1. The van der Waals surface area contributed by atoms with E-state index in [9.17, 15) is 9.59 Å². The number of fused-ring (bicyclic) bond motifs is 1. The van der Waals surface area contributed by atoms with E-state index in [4.69, 9.17) is 9.47 Å². The van der Waals surface area contributed by atoms with Crippen LogP contribution in [0, 0.1) is 5.92 Å². The van der Waals surface area contributed by atoms with Gasteiger partial charge in [0.25, 0.3) is 0 Å². The van der Waals surface area contributed by atoms with Crippen molar-refractivity contribution < 1.29 is 19.1 Å². The summed E-state index contributed by atoms with van der Waals surface area (Å²) in [6.07, 6.45) is 0.436. The smallest absolute Gasteiger partial charge is 0.309 e. The molecule has 2 unspecified atom stereocenters. The number of Topliss-reactive ketones (excluding diaryl/α,β-unsaturated/α-hetero) is 1. The molecule has 1 aromatic carbocycles. The van der Waals surface area contributed by atoms with E-state index in [0.717, 1.165) is 5.56 Å². The summed E-state index contributed by atoms with van der Waals surface area (Å²) in [5, 5.41) is 0. The van der Waals surface area contributed by atoms with Gasteiger partial charge < -0.3 is 9.47 Å². The molecule has 2 atom stereocenters. The normalized spacial score (nSPS) is 22.5. The third-order valence-corrected chi connectivity index (χ3v) is 3.44. The van der Waals surface area contributed by atoms with Gasteiger partial charge in [-0.15, -0.1) is 0 Å². The molecule has 4 heteroatoms. The molecule has 0 fully saturated rings. The molecule has 0 saturated carbocycles. The van der Waals surface area contributed by atoms with Crippen LogP contribution in [0.4, 0.5) is 0 Å². The van der Waals surface area contributed by atoms with Crippen molar-refractivity contribution in [1.29, 1.82) is 0 Å². The molecule has 0 radical (unpaired) electrons. The highest BCUT2D eigenvalue weighted by Gasteiger charge is 2.33. The molecule has 19 heavy (non-hydrogen) atoms. The lowest BCUT2D eigenvalue weighted by Crippen LogP contribution is -2.21. The van der Waals surface area contributed by atoms with E-state index in [-0.39, 0.29) is 24.3 Å². The standard InChI is InChI=1S/C15H18O4/c1-3-19-15(17)10-8-13(16)11-6-4-5-7-12(11)14(9-10)18-2/h4-7,10,14H,3,8-9H2,1-2H3. The van der Waals surface area contributed by atoms with Crippen molar-refractivity contribution in [2.45, 2.75) is 25.9 Å². The zero-order chi connectivity index (χ0) is 13.8. The van der Waals surface area contributed by atoms with E-state index < -0.39 is 5.92 Å². The summed E-state index contributed by atoms with van der Waals surface area (Å²) in [5.41, 5.74) is 1.52. The van der Waals surface area contributed by atoms with Crippen LogP contribution >= 0.6 is 0 Å². The molecule has 0 N–H and O–H groups in total. The molecule has 0 spiro atoms. The monoisotopic (exact) mass is 262 g/mol. The Balaban J connectivity index is 2.31. The van der Waals surface area contributed by atoms with Gasteiger partial charge in [-0.25, -0.2) is 0 Å². The predicted molar refractivity (Wildman–Crippen MR) is 69.9 cm³/mol. The van der Waals surface area contributed by atoms with Gasteiger partial charge in [0.2, 0.25) is 0 Å². The Morgan fingerprint density at radius 3 is 2.79 bits per heavy atom. The SMILES string of the molecule is CCOC(=O)C1CC(=O)c2ccccc2C(OC)C1. The molecule has 0 heterocycles. The number of methoxy groups -OCH3 is 1. The van der Waals surface area contributed by atoms with Crippen molar-refractivity contribution in [3.8, 4) is 0 Å². The highest BCUT2D eigenvalue weighted by molar-refractivity contribution is 6.00. The molecule has 1 aliphatic rings. The first kappa shape index (κ1) is 13.7. The summed E-state index contributed by atoms with van der Waals surface area (Å²) in [5.74, 6) is -0.760. The van der Waals surface area contributed by atoms with Gasteiger partial charge in [-0.05, 0) is 18.9 Å². The van der Waals surface area contributed by atoms with E-state index in [0.29, 0.717) is 18.6 Å². The fourth-order valence-electron chi connectivity index (χ4n) is 2.50. The summed E-state index contributed by atoms with van der Waals surface area (Å²) in [6.45, 7) is 2.09. The second-order valence-corrected chi connectivity index (χ2v) is 4.62. The minimum Gasteiger partial charge on any atom is -0.466 e.